The highest BCUT2D eigenvalue weighted by Gasteiger charge is 2.16. The zero-order chi connectivity index (χ0) is 14.4. The summed E-state index contributed by atoms with van der Waals surface area (Å²) in [5.74, 6) is -0.366. The lowest BCUT2D eigenvalue weighted by Crippen LogP contribution is -2.28. The second-order valence-corrected chi connectivity index (χ2v) is 4.77. The second kappa shape index (κ2) is 6.94. The van der Waals surface area contributed by atoms with Crippen molar-refractivity contribution in [2.75, 3.05) is 14.2 Å². The number of carbonyl (C=O) groups is 2. The van der Waals surface area contributed by atoms with Crippen molar-refractivity contribution in [3.63, 3.8) is 0 Å². The fraction of sp³-hybridized carbons (Fsp3) is 0.231. The fourth-order valence-corrected chi connectivity index (χ4v) is 1.57. The number of nitrogens with one attached hydrogen (secondary N) is 1. The normalized spacial score (nSPS) is 11.4. The van der Waals surface area contributed by atoms with Crippen molar-refractivity contribution in [2.45, 2.75) is 6.92 Å². The van der Waals surface area contributed by atoms with Crippen LogP contribution in [0.5, 0.6) is 5.75 Å². The summed E-state index contributed by atoms with van der Waals surface area (Å²) in [7, 11) is 2.79. The average Bonchev–Trinajstić information content (AvgIpc) is 2.43. The van der Waals surface area contributed by atoms with Gasteiger partial charge in [0.25, 0.3) is 5.91 Å². The first-order valence-electron chi connectivity index (χ1n) is 5.39. The number of benzene rings is 1. The van der Waals surface area contributed by atoms with E-state index in [4.69, 9.17) is 4.74 Å². The number of allylic oxidation sites excluding steroid dienone is 1. The van der Waals surface area contributed by atoms with Crippen LogP contribution in [0, 0.1) is 0 Å². The summed E-state index contributed by atoms with van der Waals surface area (Å²) in [5.41, 5.74) is 0.485. The molecule has 19 heavy (non-hydrogen) atoms. The summed E-state index contributed by atoms with van der Waals surface area (Å²) in [5, 5.41) is 2.50. The van der Waals surface area contributed by atoms with Gasteiger partial charge in [-0.15, -0.1) is 0 Å². The van der Waals surface area contributed by atoms with Gasteiger partial charge in [0.2, 0.25) is 0 Å². The maximum absolute atomic E-state index is 12.0. The van der Waals surface area contributed by atoms with Crippen LogP contribution in [0.1, 0.15) is 17.3 Å². The van der Waals surface area contributed by atoms with Crippen LogP contribution in [-0.4, -0.2) is 26.1 Å². The third-order valence-corrected chi connectivity index (χ3v) is 2.72. The summed E-state index contributed by atoms with van der Waals surface area (Å²) in [4.78, 5) is 23.4. The Morgan fingerprint density at radius 3 is 2.16 bits per heavy atom. The van der Waals surface area contributed by atoms with Gasteiger partial charge in [0.1, 0.15) is 11.4 Å². The van der Waals surface area contributed by atoms with E-state index in [1.165, 1.54) is 7.11 Å². The maximum Gasteiger partial charge on any atom is 0.355 e. The molecule has 0 radical (unpaired) electrons. The fourth-order valence-electron chi connectivity index (χ4n) is 1.31. The number of esters is 1. The minimum absolute atomic E-state index is 0.0725. The number of hydrogen-bond donors (Lipinski definition) is 1. The molecular formula is C13H14BrNO4. The molecule has 0 bridgehead atoms. The quantitative estimate of drug-likeness (QED) is 0.680. The van der Waals surface area contributed by atoms with Crippen LogP contribution in [0.15, 0.2) is 34.4 Å². The van der Waals surface area contributed by atoms with Crippen molar-refractivity contribution in [1.29, 1.82) is 0 Å². The molecule has 1 rings (SSSR count). The number of methoxy groups -OCH3 is 2. The van der Waals surface area contributed by atoms with E-state index in [1.54, 1.807) is 38.3 Å². The molecule has 0 aliphatic carbocycles. The lowest BCUT2D eigenvalue weighted by atomic mass is 10.2. The molecule has 0 aromatic heterocycles. The van der Waals surface area contributed by atoms with Gasteiger partial charge in [0.15, 0.2) is 0 Å². The predicted octanol–water partition coefficient (Wildman–Crippen LogP) is 2.22. The largest absolute Gasteiger partial charge is 0.497 e. The summed E-state index contributed by atoms with van der Waals surface area (Å²) >= 11 is 3.15. The van der Waals surface area contributed by atoms with Crippen LogP contribution in [-0.2, 0) is 9.53 Å². The van der Waals surface area contributed by atoms with E-state index in [-0.39, 0.29) is 5.70 Å². The Labute approximate surface area is 119 Å². The van der Waals surface area contributed by atoms with Gasteiger partial charge in [0.05, 0.1) is 14.2 Å². The molecule has 0 saturated carbocycles. The first-order chi connectivity index (χ1) is 8.99. The molecule has 0 fully saturated rings. The van der Waals surface area contributed by atoms with Crippen LogP contribution in [0.4, 0.5) is 0 Å². The molecule has 1 amide bonds. The van der Waals surface area contributed by atoms with Crippen LogP contribution in [0.25, 0.3) is 0 Å². The van der Waals surface area contributed by atoms with Crippen molar-refractivity contribution in [3.05, 3.63) is 40.0 Å². The van der Waals surface area contributed by atoms with Crippen LogP contribution < -0.4 is 10.1 Å². The Morgan fingerprint density at radius 2 is 1.74 bits per heavy atom. The number of ether oxygens (including phenoxy) is 2. The minimum atomic E-state index is -0.615. The van der Waals surface area contributed by atoms with E-state index < -0.39 is 11.9 Å². The van der Waals surface area contributed by atoms with Crippen molar-refractivity contribution in [1.82, 2.24) is 5.32 Å². The van der Waals surface area contributed by atoms with Gasteiger partial charge >= 0.3 is 5.97 Å². The van der Waals surface area contributed by atoms with Crippen LogP contribution >= 0.6 is 15.9 Å². The predicted molar refractivity (Wildman–Crippen MR) is 74.1 cm³/mol. The molecule has 0 saturated heterocycles. The topological polar surface area (TPSA) is 64.6 Å². The van der Waals surface area contributed by atoms with Crippen LogP contribution in [0.3, 0.4) is 0 Å². The Kier molecular flexibility index (Phi) is 5.57. The Bertz CT molecular complexity index is 504. The van der Waals surface area contributed by atoms with Gasteiger partial charge < -0.3 is 14.8 Å². The summed E-state index contributed by atoms with van der Waals surface area (Å²) in [6.07, 6.45) is 0. The van der Waals surface area contributed by atoms with Gasteiger partial charge in [-0.25, -0.2) is 4.79 Å². The number of hydrogen-bond acceptors (Lipinski definition) is 4. The molecular weight excluding hydrogens is 314 g/mol. The van der Waals surface area contributed by atoms with Gasteiger partial charge in [-0.3, -0.25) is 4.79 Å². The van der Waals surface area contributed by atoms with Gasteiger partial charge in [-0.2, -0.15) is 0 Å². The highest BCUT2D eigenvalue weighted by Crippen LogP contribution is 2.14. The smallest absolute Gasteiger partial charge is 0.355 e. The maximum atomic E-state index is 12.0. The second-order valence-electron chi connectivity index (χ2n) is 3.58. The first kappa shape index (κ1) is 15.2. The van der Waals surface area contributed by atoms with E-state index in [9.17, 15) is 9.59 Å². The van der Waals surface area contributed by atoms with Crippen LogP contribution in [0.2, 0.25) is 0 Å². The molecule has 6 heteroatoms. The number of carbonyl (C=O) groups excluding carboxylic acids is 2. The van der Waals surface area contributed by atoms with Gasteiger partial charge in [0, 0.05) is 10.0 Å². The molecule has 5 nitrogen and oxygen atoms in total. The van der Waals surface area contributed by atoms with Crippen molar-refractivity contribution in [3.8, 4) is 5.75 Å². The Hall–Kier alpha value is -1.82. The third-order valence-electron chi connectivity index (χ3n) is 2.32. The highest BCUT2D eigenvalue weighted by atomic mass is 79.9. The summed E-state index contributed by atoms with van der Waals surface area (Å²) in [6, 6.07) is 6.54. The Balaban J connectivity index is 2.88. The minimum Gasteiger partial charge on any atom is -0.497 e. The average molecular weight is 328 g/mol. The summed E-state index contributed by atoms with van der Waals surface area (Å²) < 4.78 is 10.1. The van der Waals surface area contributed by atoms with Gasteiger partial charge in [-0.05, 0) is 31.2 Å². The lowest BCUT2D eigenvalue weighted by Gasteiger charge is -2.09. The molecule has 0 spiro atoms. The van der Waals surface area contributed by atoms with Crippen molar-refractivity contribution in [2.24, 2.45) is 0 Å². The molecule has 0 aliphatic heterocycles. The monoisotopic (exact) mass is 327 g/mol. The molecule has 1 aromatic rings. The zero-order valence-corrected chi connectivity index (χ0v) is 12.4. The first-order valence-corrected chi connectivity index (χ1v) is 6.19. The molecule has 1 N–H and O–H groups in total. The molecule has 1 aromatic carbocycles. The Morgan fingerprint density at radius 1 is 1.16 bits per heavy atom. The van der Waals surface area contributed by atoms with Gasteiger partial charge in [-0.1, -0.05) is 15.9 Å². The zero-order valence-electron chi connectivity index (χ0n) is 10.8. The summed E-state index contributed by atoms with van der Waals surface area (Å²) in [6.45, 7) is 1.64. The lowest BCUT2D eigenvalue weighted by molar-refractivity contribution is -0.136. The van der Waals surface area contributed by atoms with E-state index in [2.05, 4.69) is 26.0 Å². The standard InChI is InChI=1S/C13H14BrNO4/c1-8(14)11(13(17)19-3)15-12(16)9-4-6-10(18-2)7-5-9/h4-7H,1-3H3,(H,15,16)/b11-8-. The molecule has 0 unspecified atom stereocenters. The molecule has 0 aliphatic rings. The van der Waals surface area contributed by atoms with Crippen molar-refractivity contribution < 1.29 is 19.1 Å². The third kappa shape index (κ3) is 4.10. The van der Waals surface area contributed by atoms with E-state index >= 15 is 0 Å². The van der Waals surface area contributed by atoms with Crippen molar-refractivity contribution >= 4 is 27.8 Å². The van der Waals surface area contributed by atoms with E-state index in [0.29, 0.717) is 15.8 Å². The SMILES string of the molecule is COC(=O)/C(NC(=O)c1ccc(OC)cc1)=C(\C)Br. The number of rotatable bonds is 4. The number of halogens is 1. The number of amides is 1. The molecule has 102 valence electrons. The highest BCUT2D eigenvalue weighted by molar-refractivity contribution is 9.11. The van der Waals surface area contributed by atoms with E-state index in [1.807, 2.05) is 0 Å². The van der Waals surface area contributed by atoms with E-state index in [0.717, 1.165) is 0 Å². The molecule has 0 atom stereocenters. The molecule has 0 heterocycles.